The Morgan fingerprint density at radius 3 is 2.59 bits per heavy atom. The van der Waals surface area contributed by atoms with Gasteiger partial charge in [-0.1, -0.05) is 12.1 Å². The van der Waals surface area contributed by atoms with Crippen molar-refractivity contribution in [1.29, 1.82) is 0 Å². The molecule has 0 unspecified atom stereocenters. The smallest absolute Gasteiger partial charge is 0.229 e. The van der Waals surface area contributed by atoms with E-state index < -0.39 is 0 Å². The minimum Gasteiger partial charge on any atom is -0.449 e. The lowest BCUT2D eigenvalue weighted by molar-refractivity contribution is -0.121. The first-order valence-corrected chi connectivity index (χ1v) is 11.5. The van der Waals surface area contributed by atoms with Crippen LogP contribution in [-0.2, 0) is 4.79 Å². The Morgan fingerprint density at radius 1 is 1.09 bits per heavy atom. The number of amides is 1. The maximum Gasteiger partial charge on any atom is 0.229 e. The quantitative estimate of drug-likeness (QED) is 0.674. The van der Waals surface area contributed by atoms with Crippen LogP contribution in [0.2, 0.25) is 0 Å². The van der Waals surface area contributed by atoms with Crippen molar-refractivity contribution >= 4 is 22.8 Å². The van der Waals surface area contributed by atoms with Gasteiger partial charge in [0.05, 0.1) is 5.52 Å². The number of oxazole rings is 1. The Bertz CT molecular complexity index is 1100. The summed E-state index contributed by atoms with van der Waals surface area (Å²) in [5, 5.41) is 3.87. The minimum atomic E-state index is 0.0300. The summed E-state index contributed by atoms with van der Waals surface area (Å²) in [6.45, 7) is 6.37. The number of anilines is 1. The first kappa shape index (κ1) is 21.0. The third kappa shape index (κ3) is 4.52. The molecule has 0 radical (unpaired) electrons. The van der Waals surface area contributed by atoms with Crippen molar-refractivity contribution in [2.24, 2.45) is 5.92 Å². The molecule has 2 aliphatic rings. The van der Waals surface area contributed by atoms with E-state index in [2.05, 4.69) is 37.1 Å². The van der Waals surface area contributed by atoms with Gasteiger partial charge >= 0.3 is 0 Å². The molecule has 3 aromatic rings. The maximum atomic E-state index is 12.9. The molecule has 168 valence electrons. The van der Waals surface area contributed by atoms with Crippen LogP contribution in [0.25, 0.3) is 22.2 Å². The van der Waals surface area contributed by atoms with Crippen molar-refractivity contribution in [3.63, 3.8) is 0 Å². The molecule has 8 nitrogen and oxygen atoms in total. The minimum absolute atomic E-state index is 0.0300. The molecule has 5 rings (SSSR count). The van der Waals surface area contributed by atoms with Gasteiger partial charge in [0.2, 0.25) is 11.9 Å². The summed E-state index contributed by atoms with van der Waals surface area (Å²) in [5.41, 5.74) is 2.46. The van der Waals surface area contributed by atoms with Crippen LogP contribution < -0.4 is 5.32 Å². The monoisotopic (exact) mass is 434 g/mol. The van der Waals surface area contributed by atoms with Crippen LogP contribution in [0, 0.1) is 12.8 Å². The molecule has 0 bridgehead atoms. The number of hydrogen-bond donors (Lipinski definition) is 1. The van der Waals surface area contributed by atoms with Gasteiger partial charge in [0.15, 0.2) is 5.89 Å². The molecular weight excluding hydrogens is 404 g/mol. The Kier molecular flexibility index (Phi) is 5.89. The second-order valence-electron chi connectivity index (χ2n) is 9.05. The molecule has 3 heterocycles. The fraction of sp³-hybridized carbons (Fsp3) is 0.500. The molecule has 1 aliphatic carbocycles. The van der Waals surface area contributed by atoms with E-state index in [1.165, 1.54) is 0 Å². The molecule has 0 atom stereocenters. The normalized spacial score (nSPS) is 22.8. The molecule has 1 saturated heterocycles. The van der Waals surface area contributed by atoms with Crippen molar-refractivity contribution in [2.45, 2.75) is 38.6 Å². The summed E-state index contributed by atoms with van der Waals surface area (Å²) < 4.78 is 5.32. The van der Waals surface area contributed by atoms with Crippen molar-refractivity contribution in [1.82, 2.24) is 24.8 Å². The number of aryl methyl sites for hydroxylation is 1. The number of nitrogens with zero attached hydrogens (tertiary/aromatic N) is 5. The van der Waals surface area contributed by atoms with Gasteiger partial charge in [-0.2, -0.15) is 0 Å². The van der Waals surface area contributed by atoms with Gasteiger partial charge in [0.1, 0.15) is 12.0 Å². The van der Waals surface area contributed by atoms with Crippen LogP contribution in [0.3, 0.4) is 0 Å². The Morgan fingerprint density at radius 2 is 1.88 bits per heavy atom. The van der Waals surface area contributed by atoms with Crippen LogP contribution in [-0.4, -0.2) is 69.9 Å². The standard InChI is InChI=1S/C24H30N6O2/c1-16-26-22(15-32-16)18-3-4-19-14-25-24(27-21(19)13-18)28-23(31)17-5-7-20(8-6-17)30-11-9-29(2)10-12-30/h3-4,13-15,17,20H,5-12H2,1-2H3,(H,25,27,28,31). The van der Waals surface area contributed by atoms with Crippen molar-refractivity contribution < 1.29 is 9.21 Å². The SMILES string of the molecule is Cc1nc(-c2ccc3cnc(NC(=O)C4CCC(N5CCN(C)CC5)CC4)nc3c2)co1. The fourth-order valence-electron chi connectivity index (χ4n) is 4.84. The summed E-state index contributed by atoms with van der Waals surface area (Å²) in [4.78, 5) is 31.2. The average Bonchev–Trinajstić information content (AvgIpc) is 3.25. The number of likely N-dealkylation sites (N-methyl/N-ethyl adjacent to an activating group) is 1. The van der Waals surface area contributed by atoms with Crippen molar-refractivity contribution in [3.05, 3.63) is 36.5 Å². The summed E-state index contributed by atoms with van der Waals surface area (Å²) in [7, 11) is 2.18. The highest BCUT2D eigenvalue weighted by Crippen LogP contribution is 2.29. The molecule has 2 fully saturated rings. The average molecular weight is 435 g/mol. The van der Waals surface area contributed by atoms with E-state index >= 15 is 0 Å². The summed E-state index contributed by atoms with van der Waals surface area (Å²) >= 11 is 0. The third-order valence-electron chi connectivity index (χ3n) is 6.85. The number of carbonyl (C=O) groups excluding carboxylic acids is 1. The highest BCUT2D eigenvalue weighted by Gasteiger charge is 2.30. The van der Waals surface area contributed by atoms with E-state index in [1.54, 1.807) is 12.5 Å². The number of fused-ring (bicyclic) bond motifs is 1. The molecule has 8 heteroatoms. The van der Waals surface area contributed by atoms with Crippen molar-refractivity contribution in [2.75, 3.05) is 38.5 Å². The fourth-order valence-corrected chi connectivity index (χ4v) is 4.84. The number of piperazine rings is 1. The second kappa shape index (κ2) is 8.96. The molecular formula is C24H30N6O2. The van der Waals surface area contributed by atoms with E-state index in [9.17, 15) is 4.79 Å². The van der Waals surface area contributed by atoms with Gasteiger partial charge in [0, 0.05) is 62.2 Å². The largest absolute Gasteiger partial charge is 0.449 e. The molecule has 1 aromatic carbocycles. The lowest BCUT2D eigenvalue weighted by atomic mass is 9.84. The molecule has 2 aromatic heterocycles. The van der Waals surface area contributed by atoms with E-state index in [1.807, 2.05) is 25.1 Å². The highest BCUT2D eigenvalue weighted by molar-refractivity contribution is 5.92. The number of aromatic nitrogens is 3. The summed E-state index contributed by atoms with van der Waals surface area (Å²) in [5.74, 6) is 1.04. The van der Waals surface area contributed by atoms with Crippen LogP contribution in [0.5, 0.6) is 0 Å². The Balaban J connectivity index is 1.22. The lowest BCUT2D eigenvalue weighted by Gasteiger charge is -2.40. The van der Waals surface area contributed by atoms with Gasteiger partial charge in [-0.25, -0.2) is 15.0 Å². The summed E-state index contributed by atoms with van der Waals surface area (Å²) in [6.07, 6.45) is 7.40. The third-order valence-corrected chi connectivity index (χ3v) is 6.85. The number of hydrogen-bond acceptors (Lipinski definition) is 7. The zero-order chi connectivity index (χ0) is 22.1. The van der Waals surface area contributed by atoms with E-state index in [-0.39, 0.29) is 11.8 Å². The molecule has 1 saturated carbocycles. The predicted molar refractivity (Wildman–Crippen MR) is 123 cm³/mol. The van der Waals surface area contributed by atoms with Gasteiger partial charge in [-0.05, 0) is 38.8 Å². The second-order valence-corrected chi connectivity index (χ2v) is 9.05. The van der Waals surface area contributed by atoms with E-state index in [0.717, 1.165) is 74.0 Å². The predicted octanol–water partition coefficient (Wildman–Crippen LogP) is 3.34. The topological polar surface area (TPSA) is 87.4 Å². The van der Waals surface area contributed by atoms with Gasteiger partial charge in [-0.15, -0.1) is 0 Å². The molecule has 1 aliphatic heterocycles. The number of rotatable bonds is 4. The highest BCUT2D eigenvalue weighted by atomic mass is 16.3. The number of benzene rings is 1. The van der Waals surface area contributed by atoms with Gasteiger partial charge in [-0.3, -0.25) is 15.0 Å². The van der Waals surface area contributed by atoms with Gasteiger partial charge in [0.25, 0.3) is 0 Å². The van der Waals surface area contributed by atoms with Crippen LogP contribution in [0.4, 0.5) is 5.95 Å². The first-order valence-electron chi connectivity index (χ1n) is 11.5. The zero-order valence-electron chi connectivity index (χ0n) is 18.8. The van der Waals surface area contributed by atoms with Crippen LogP contribution in [0.15, 0.2) is 35.1 Å². The molecule has 1 amide bonds. The molecule has 32 heavy (non-hydrogen) atoms. The Hall–Kier alpha value is -2.84. The van der Waals surface area contributed by atoms with Crippen molar-refractivity contribution in [3.8, 4) is 11.3 Å². The number of nitrogens with one attached hydrogen (secondary N) is 1. The molecule has 0 spiro atoms. The lowest BCUT2D eigenvalue weighted by Crippen LogP contribution is -2.50. The first-order chi connectivity index (χ1) is 15.5. The number of carbonyl (C=O) groups is 1. The maximum absolute atomic E-state index is 12.9. The van der Waals surface area contributed by atoms with E-state index in [4.69, 9.17) is 4.42 Å². The Labute approximate surface area is 188 Å². The van der Waals surface area contributed by atoms with Crippen LogP contribution in [0.1, 0.15) is 31.6 Å². The van der Waals surface area contributed by atoms with Crippen LogP contribution >= 0.6 is 0 Å². The zero-order valence-corrected chi connectivity index (χ0v) is 18.8. The molecule has 1 N–H and O–H groups in total. The van der Waals surface area contributed by atoms with Gasteiger partial charge < -0.3 is 9.32 Å². The van der Waals surface area contributed by atoms with E-state index in [0.29, 0.717) is 17.9 Å². The summed E-state index contributed by atoms with van der Waals surface area (Å²) in [6, 6.07) is 6.49.